The number of hydrogen-bond donors (Lipinski definition) is 7. The molecule has 0 fully saturated rings. The van der Waals surface area contributed by atoms with Crippen molar-refractivity contribution in [2.45, 2.75) is 30.5 Å². The molecule has 0 saturated heterocycles. The molecule has 0 bridgehead atoms. The van der Waals surface area contributed by atoms with Crippen molar-refractivity contribution >= 4 is 5.78 Å². The van der Waals surface area contributed by atoms with Crippen molar-refractivity contribution in [1.29, 1.82) is 0 Å². The molecule has 0 rings (SSSR count). The molecular formula is C8H16O8. The minimum atomic E-state index is -2.08. The van der Waals surface area contributed by atoms with Gasteiger partial charge in [-0.15, -0.1) is 0 Å². The van der Waals surface area contributed by atoms with Gasteiger partial charge in [0.25, 0.3) is 0 Å². The molecule has 0 aromatic carbocycles. The van der Waals surface area contributed by atoms with E-state index in [0.717, 1.165) is 0 Å². The average Bonchev–Trinajstić information content (AvgIpc) is 2.32. The summed E-state index contributed by atoms with van der Waals surface area (Å²) >= 11 is 0. The summed E-state index contributed by atoms with van der Waals surface area (Å²) in [5.41, 5.74) is 0. The van der Waals surface area contributed by atoms with Crippen LogP contribution in [0.5, 0.6) is 0 Å². The molecule has 0 amide bonds. The van der Waals surface area contributed by atoms with Gasteiger partial charge in [0, 0.05) is 0 Å². The fourth-order valence-corrected chi connectivity index (χ4v) is 1.01. The predicted molar refractivity (Wildman–Crippen MR) is 49.2 cm³/mol. The summed E-state index contributed by atoms with van der Waals surface area (Å²) < 4.78 is 0. The molecule has 0 heterocycles. The third kappa shape index (κ3) is 3.76. The third-order valence-corrected chi connectivity index (χ3v) is 2.09. The molecule has 0 saturated carbocycles. The Hall–Kier alpha value is -0.610. The molecule has 0 aliphatic carbocycles. The fourth-order valence-electron chi connectivity index (χ4n) is 1.01. The van der Waals surface area contributed by atoms with Crippen molar-refractivity contribution in [2.75, 3.05) is 13.2 Å². The SMILES string of the molecule is O=C(CO)[C@@H](O)[C@H](O)[C@H](O)[C@H](O)[C@H](O)CO. The van der Waals surface area contributed by atoms with Crippen LogP contribution in [-0.2, 0) is 4.79 Å². The zero-order valence-corrected chi connectivity index (χ0v) is 8.34. The number of rotatable bonds is 7. The zero-order chi connectivity index (χ0) is 12.9. The van der Waals surface area contributed by atoms with Crippen LogP contribution >= 0.6 is 0 Å². The Morgan fingerprint density at radius 2 is 1.38 bits per heavy atom. The number of aliphatic hydroxyl groups is 7. The molecule has 0 aromatic heterocycles. The second-order valence-electron chi connectivity index (χ2n) is 3.29. The molecule has 0 aliphatic rings. The Bertz CT molecular complexity index is 220. The lowest BCUT2D eigenvalue weighted by Gasteiger charge is -2.27. The smallest absolute Gasteiger partial charge is 0.189 e. The predicted octanol–water partition coefficient (Wildman–Crippen LogP) is -4.66. The van der Waals surface area contributed by atoms with Gasteiger partial charge in [0.15, 0.2) is 5.78 Å². The Morgan fingerprint density at radius 3 is 1.75 bits per heavy atom. The molecule has 7 N–H and O–H groups in total. The van der Waals surface area contributed by atoms with E-state index in [2.05, 4.69) is 0 Å². The van der Waals surface area contributed by atoms with Gasteiger partial charge in [-0.1, -0.05) is 0 Å². The molecule has 0 unspecified atom stereocenters. The largest absolute Gasteiger partial charge is 0.394 e. The lowest BCUT2D eigenvalue weighted by molar-refractivity contribution is -0.157. The number of Topliss-reactive ketones (excluding diaryl/α,β-unsaturated/α-hetero) is 1. The maximum absolute atomic E-state index is 10.8. The summed E-state index contributed by atoms with van der Waals surface area (Å²) in [4.78, 5) is 10.8. The summed E-state index contributed by atoms with van der Waals surface area (Å²) in [7, 11) is 0. The summed E-state index contributed by atoms with van der Waals surface area (Å²) in [5, 5.41) is 62.5. The summed E-state index contributed by atoms with van der Waals surface area (Å²) in [6, 6.07) is 0. The van der Waals surface area contributed by atoms with Crippen LogP contribution in [0, 0.1) is 0 Å². The molecule has 0 radical (unpaired) electrons. The van der Waals surface area contributed by atoms with Gasteiger partial charge in [-0.2, -0.15) is 0 Å². The van der Waals surface area contributed by atoms with Crippen LogP contribution in [0.15, 0.2) is 0 Å². The van der Waals surface area contributed by atoms with Crippen molar-refractivity contribution in [1.82, 2.24) is 0 Å². The number of carbonyl (C=O) groups is 1. The average molecular weight is 240 g/mol. The highest BCUT2D eigenvalue weighted by Crippen LogP contribution is 2.09. The minimum absolute atomic E-state index is 0.866. The first kappa shape index (κ1) is 15.4. The van der Waals surface area contributed by atoms with Gasteiger partial charge in [-0.05, 0) is 0 Å². The van der Waals surface area contributed by atoms with Crippen molar-refractivity contribution in [3.8, 4) is 0 Å². The number of hydrogen-bond acceptors (Lipinski definition) is 8. The molecule has 5 atom stereocenters. The van der Waals surface area contributed by atoms with Crippen LogP contribution in [0.4, 0.5) is 0 Å². The Labute approximate surface area is 91.0 Å². The van der Waals surface area contributed by atoms with E-state index in [0.29, 0.717) is 0 Å². The van der Waals surface area contributed by atoms with Crippen molar-refractivity contribution < 1.29 is 40.5 Å². The normalized spacial score (nSPS) is 20.9. The van der Waals surface area contributed by atoms with Crippen molar-refractivity contribution in [3.05, 3.63) is 0 Å². The lowest BCUT2D eigenvalue weighted by Crippen LogP contribution is -2.52. The van der Waals surface area contributed by atoms with Crippen molar-refractivity contribution in [2.24, 2.45) is 0 Å². The molecule has 0 aromatic rings. The Kier molecular flexibility index (Phi) is 6.60. The van der Waals surface area contributed by atoms with Crippen LogP contribution in [0.1, 0.15) is 0 Å². The van der Waals surface area contributed by atoms with Gasteiger partial charge in [0.2, 0.25) is 0 Å². The molecule has 0 aliphatic heterocycles. The monoisotopic (exact) mass is 240 g/mol. The summed E-state index contributed by atoms with van der Waals surface area (Å²) in [6.45, 7) is -1.90. The van der Waals surface area contributed by atoms with Gasteiger partial charge < -0.3 is 35.7 Å². The summed E-state index contributed by atoms with van der Waals surface area (Å²) in [5.74, 6) is -1.14. The van der Waals surface area contributed by atoms with Gasteiger partial charge in [-0.25, -0.2) is 0 Å². The lowest BCUT2D eigenvalue weighted by atomic mass is 9.97. The molecule has 96 valence electrons. The van der Waals surface area contributed by atoms with Crippen LogP contribution in [0.2, 0.25) is 0 Å². The zero-order valence-electron chi connectivity index (χ0n) is 8.34. The highest BCUT2D eigenvalue weighted by atomic mass is 16.4. The van der Waals surface area contributed by atoms with Crippen LogP contribution in [0.25, 0.3) is 0 Å². The minimum Gasteiger partial charge on any atom is -0.394 e. The topological polar surface area (TPSA) is 159 Å². The van der Waals surface area contributed by atoms with E-state index in [1.807, 2.05) is 0 Å². The van der Waals surface area contributed by atoms with Crippen LogP contribution in [-0.4, -0.2) is 85.3 Å². The molecule has 8 heteroatoms. The van der Waals surface area contributed by atoms with E-state index in [-0.39, 0.29) is 0 Å². The van der Waals surface area contributed by atoms with Crippen LogP contribution in [0.3, 0.4) is 0 Å². The first-order valence-corrected chi connectivity index (χ1v) is 4.51. The second kappa shape index (κ2) is 6.86. The van der Waals surface area contributed by atoms with Gasteiger partial charge in [0.1, 0.15) is 37.1 Å². The van der Waals surface area contributed by atoms with E-state index in [1.165, 1.54) is 0 Å². The first-order chi connectivity index (χ1) is 7.36. The second-order valence-corrected chi connectivity index (χ2v) is 3.29. The Balaban J connectivity index is 4.47. The first-order valence-electron chi connectivity index (χ1n) is 4.51. The maximum Gasteiger partial charge on any atom is 0.189 e. The molecule has 8 nitrogen and oxygen atoms in total. The van der Waals surface area contributed by atoms with Crippen LogP contribution < -0.4 is 0 Å². The van der Waals surface area contributed by atoms with Gasteiger partial charge in [-0.3, -0.25) is 4.79 Å². The fraction of sp³-hybridized carbons (Fsp3) is 0.875. The van der Waals surface area contributed by atoms with E-state index in [9.17, 15) is 15.0 Å². The molecular weight excluding hydrogens is 224 g/mol. The highest BCUT2D eigenvalue weighted by molar-refractivity contribution is 5.84. The van der Waals surface area contributed by atoms with Crippen molar-refractivity contribution in [3.63, 3.8) is 0 Å². The van der Waals surface area contributed by atoms with E-state index in [1.54, 1.807) is 0 Å². The number of carbonyl (C=O) groups excluding carboxylic acids is 1. The number of aliphatic hydroxyl groups excluding tert-OH is 7. The van der Waals surface area contributed by atoms with E-state index in [4.69, 9.17) is 25.5 Å². The quantitative estimate of drug-likeness (QED) is 0.234. The van der Waals surface area contributed by atoms with Gasteiger partial charge >= 0.3 is 0 Å². The third-order valence-electron chi connectivity index (χ3n) is 2.09. The standard InChI is InChI=1S/C8H16O8/c9-1-3(11)5(13)7(15)8(16)6(14)4(12)2-10/h3,5-11,13-16H,1-2H2/t3-,5-,6-,7-,8+/m1/s1. The highest BCUT2D eigenvalue weighted by Gasteiger charge is 2.36. The number of ketones is 1. The maximum atomic E-state index is 10.8. The Morgan fingerprint density at radius 1 is 0.875 bits per heavy atom. The molecule has 16 heavy (non-hydrogen) atoms. The summed E-state index contributed by atoms with van der Waals surface area (Å²) in [6.07, 6.45) is -9.84. The van der Waals surface area contributed by atoms with E-state index >= 15 is 0 Å². The molecule has 0 spiro atoms. The van der Waals surface area contributed by atoms with E-state index < -0.39 is 49.5 Å². The van der Waals surface area contributed by atoms with Gasteiger partial charge in [0.05, 0.1) is 6.61 Å².